The van der Waals surface area contributed by atoms with Gasteiger partial charge in [0.05, 0.1) is 13.7 Å². The van der Waals surface area contributed by atoms with Crippen LogP contribution < -0.4 is 10.1 Å². The predicted octanol–water partition coefficient (Wildman–Crippen LogP) is 2.59. The van der Waals surface area contributed by atoms with Crippen molar-refractivity contribution in [2.24, 2.45) is 12.0 Å². The number of nitrogens with zero attached hydrogens (tertiary/aromatic N) is 3. The number of aliphatic imine (C=N–C) groups is 1. The maximum absolute atomic E-state index is 5.44. The lowest BCUT2D eigenvalue weighted by atomic mass is 10.1. The molecule has 130 valence electrons. The molecule has 0 unspecified atom stereocenters. The molecule has 1 heterocycles. The fourth-order valence-electron chi connectivity index (χ4n) is 2.78. The smallest absolute Gasteiger partial charge is 0.193 e. The van der Waals surface area contributed by atoms with Crippen molar-refractivity contribution in [1.82, 2.24) is 14.8 Å². The Bertz CT molecular complexity index is 690. The first kappa shape index (κ1) is 17.9. The first-order chi connectivity index (χ1) is 11.5. The molecule has 0 spiro atoms. The molecule has 24 heavy (non-hydrogen) atoms. The third-order valence-corrected chi connectivity index (χ3v) is 4.14. The van der Waals surface area contributed by atoms with Crippen LogP contribution in [0.3, 0.4) is 0 Å². The second-order valence-corrected chi connectivity index (χ2v) is 6.01. The van der Waals surface area contributed by atoms with Crippen LogP contribution in [-0.4, -0.2) is 43.2 Å². The highest BCUT2D eigenvalue weighted by molar-refractivity contribution is 5.79. The number of nitrogens with one attached hydrogen (secondary N) is 1. The zero-order valence-corrected chi connectivity index (χ0v) is 15.3. The van der Waals surface area contributed by atoms with E-state index in [2.05, 4.69) is 71.3 Å². The van der Waals surface area contributed by atoms with Crippen LogP contribution in [0.25, 0.3) is 0 Å². The molecule has 1 aromatic carbocycles. The first-order valence-electron chi connectivity index (χ1n) is 8.20. The van der Waals surface area contributed by atoms with E-state index < -0.39 is 0 Å². The van der Waals surface area contributed by atoms with Crippen molar-refractivity contribution in [3.8, 4) is 5.75 Å². The third kappa shape index (κ3) is 4.54. The maximum atomic E-state index is 5.44. The highest BCUT2D eigenvalue weighted by Gasteiger charge is 2.09. The van der Waals surface area contributed by atoms with Crippen LogP contribution in [0.5, 0.6) is 5.75 Å². The molecule has 0 saturated carbocycles. The number of aryl methyl sites for hydroxylation is 2. The Morgan fingerprint density at radius 3 is 2.75 bits per heavy atom. The second kappa shape index (κ2) is 8.43. The summed E-state index contributed by atoms with van der Waals surface area (Å²) in [5, 5.41) is 3.43. The number of methoxy groups -OCH3 is 1. The van der Waals surface area contributed by atoms with Crippen LogP contribution in [0.2, 0.25) is 0 Å². The van der Waals surface area contributed by atoms with Gasteiger partial charge in [0.2, 0.25) is 0 Å². The average Bonchev–Trinajstić information content (AvgIpc) is 2.96. The van der Waals surface area contributed by atoms with Gasteiger partial charge < -0.3 is 19.5 Å². The molecule has 0 saturated heterocycles. The summed E-state index contributed by atoms with van der Waals surface area (Å²) in [7, 11) is 7.64. The van der Waals surface area contributed by atoms with Crippen molar-refractivity contribution in [2.75, 3.05) is 27.7 Å². The van der Waals surface area contributed by atoms with Gasteiger partial charge in [-0.15, -0.1) is 0 Å². The zero-order valence-electron chi connectivity index (χ0n) is 15.3. The van der Waals surface area contributed by atoms with Gasteiger partial charge in [0.15, 0.2) is 5.96 Å². The Morgan fingerprint density at radius 1 is 1.33 bits per heavy atom. The molecular formula is C19H28N4O. The van der Waals surface area contributed by atoms with Crippen molar-refractivity contribution in [3.05, 3.63) is 53.3 Å². The molecule has 0 aliphatic rings. The molecule has 0 aliphatic heterocycles. The number of hydrogen-bond donors (Lipinski definition) is 1. The number of aromatic nitrogens is 1. The van der Waals surface area contributed by atoms with Crippen molar-refractivity contribution in [1.29, 1.82) is 0 Å². The minimum atomic E-state index is 0.809. The average molecular weight is 328 g/mol. The van der Waals surface area contributed by atoms with Crippen molar-refractivity contribution >= 4 is 5.96 Å². The van der Waals surface area contributed by atoms with Gasteiger partial charge >= 0.3 is 0 Å². The van der Waals surface area contributed by atoms with Crippen LogP contribution in [0.4, 0.5) is 0 Å². The fraction of sp³-hybridized carbons (Fsp3) is 0.421. The minimum Gasteiger partial charge on any atom is -0.496 e. The summed E-state index contributed by atoms with van der Waals surface area (Å²) in [5.41, 5.74) is 3.71. The molecule has 1 N–H and O–H groups in total. The molecule has 0 fully saturated rings. The van der Waals surface area contributed by atoms with Crippen LogP contribution in [0.15, 0.2) is 41.5 Å². The van der Waals surface area contributed by atoms with Crippen molar-refractivity contribution < 1.29 is 4.74 Å². The third-order valence-electron chi connectivity index (χ3n) is 4.14. The van der Waals surface area contributed by atoms with Crippen LogP contribution in [-0.2, 0) is 20.0 Å². The number of rotatable bonds is 6. The Kier molecular flexibility index (Phi) is 6.29. The Labute approximate surface area is 145 Å². The van der Waals surface area contributed by atoms with Gasteiger partial charge in [-0.05, 0) is 37.1 Å². The highest BCUT2D eigenvalue weighted by Crippen LogP contribution is 2.19. The maximum Gasteiger partial charge on any atom is 0.193 e. The standard InChI is InChI=1S/C19H28N4O/c1-15-8-9-18(24-5)16(13-15)10-11-21-19(20-2)23(4)14-17-7-6-12-22(17)3/h6-9,12-13H,10-11,14H2,1-5H3,(H,20,21). The predicted molar refractivity (Wildman–Crippen MR) is 99.7 cm³/mol. The first-order valence-corrected chi connectivity index (χ1v) is 8.20. The molecule has 0 amide bonds. The lowest BCUT2D eigenvalue weighted by Crippen LogP contribution is -2.39. The Balaban J connectivity index is 1.92. The number of hydrogen-bond acceptors (Lipinski definition) is 2. The van der Waals surface area contributed by atoms with E-state index in [0.29, 0.717) is 0 Å². The van der Waals surface area contributed by atoms with Crippen LogP contribution in [0.1, 0.15) is 16.8 Å². The summed E-state index contributed by atoms with van der Waals surface area (Å²) < 4.78 is 7.57. The monoisotopic (exact) mass is 328 g/mol. The van der Waals surface area contributed by atoms with Gasteiger partial charge in [0, 0.05) is 39.6 Å². The van der Waals surface area contributed by atoms with Crippen LogP contribution in [0, 0.1) is 6.92 Å². The van der Waals surface area contributed by atoms with E-state index in [1.165, 1.54) is 16.8 Å². The van der Waals surface area contributed by atoms with E-state index in [1.54, 1.807) is 7.11 Å². The largest absolute Gasteiger partial charge is 0.496 e. The fourth-order valence-corrected chi connectivity index (χ4v) is 2.78. The normalized spacial score (nSPS) is 11.5. The number of guanidine groups is 1. The molecular weight excluding hydrogens is 300 g/mol. The molecule has 2 rings (SSSR count). The minimum absolute atomic E-state index is 0.809. The quantitative estimate of drug-likeness (QED) is 0.655. The molecule has 1 aromatic heterocycles. The van der Waals surface area contributed by atoms with Crippen LogP contribution >= 0.6 is 0 Å². The van der Waals surface area contributed by atoms with Crippen molar-refractivity contribution in [3.63, 3.8) is 0 Å². The van der Waals surface area contributed by atoms with Gasteiger partial charge in [-0.3, -0.25) is 4.99 Å². The van der Waals surface area contributed by atoms with E-state index >= 15 is 0 Å². The molecule has 0 bridgehead atoms. The van der Waals surface area contributed by atoms with Gasteiger partial charge in [0.1, 0.15) is 5.75 Å². The van der Waals surface area contributed by atoms with Crippen molar-refractivity contribution in [2.45, 2.75) is 19.9 Å². The van der Waals surface area contributed by atoms with Gasteiger partial charge in [-0.25, -0.2) is 0 Å². The Hall–Kier alpha value is -2.43. The topological polar surface area (TPSA) is 41.8 Å². The molecule has 2 aromatic rings. The molecule has 5 nitrogen and oxygen atoms in total. The number of benzene rings is 1. The SMILES string of the molecule is CN=C(NCCc1cc(C)ccc1OC)N(C)Cc1cccn1C. The van der Waals surface area contributed by atoms with E-state index in [-0.39, 0.29) is 0 Å². The lowest BCUT2D eigenvalue weighted by molar-refractivity contribution is 0.409. The number of ether oxygens (including phenoxy) is 1. The summed E-state index contributed by atoms with van der Waals surface area (Å²) in [4.78, 5) is 6.51. The molecule has 0 radical (unpaired) electrons. The van der Waals surface area contributed by atoms with Gasteiger partial charge in [-0.2, -0.15) is 0 Å². The van der Waals surface area contributed by atoms with E-state index in [0.717, 1.165) is 31.2 Å². The lowest BCUT2D eigenvalue weighted by Gasteiger charge is -2.22. The molecule has 0 atom stereocenters. The van der Waals surface area contributed by atoms with E-state index in [9.17, 15) is 0 Å². The summed E-state index contributed by atoms with van der Waals surface area (Å²) >= 11 is 0. The summed E-state index contributed by atoms with van der Waals surface area (Å²) in [5.74, 6) is 1.83. The van der Waals surface area contributed by atoms with E-state index in [1.807, 2.05) is 13.1 Å². The highest BCUT2D eigenvalue weighted by atomic mass is 16.5. The zero-order chi connectivity index (χ0) is 17.5. The van der Waals surface area contributed by atoms with E-state index in [4.69, 9.17) is 4.74 Å². The van der Waals surface area contributed by atoms with Gasteiger partial charge in [0.25, 0.3) is 0 Å². The van der Waals surface area contributed by atoms with Gasteiger partial charge in [-0.1, -0.05) is 17.7 Å². The molecule has 0 aliphatic carbocycles. The Morgan fingerprint density at radius 2 is 2.12 bits per heavy atom. The summed E-state index contributed by atoms with van der Waals surface area (Å²) in [6.45, 7) is 3.73. The molecule has 5 heteroatoms. The summed E-state index contributed by atoms with van der Waals surface area (Å²) in [6, 6.07) is 10.5. The summed E-state index contributed by atoms with van der Waals surface area (Å²) in [6.07, 6.45) is 2.95. The second-order valence-electron chi connectivity index (χ2n) is 6.01.